The fourth-order valence-corrected chi connectivity index (χ4v) is 4.96. The number of imidazole rings is 1. The number of likely N-dealkylation sites (tertiary alicyclic amines) is 1. The number of primary amides is 1. The standard InChI is InChI=1S/C25H27N7O3/c1-15(33)31-12-16(13-31)14-32-22-5-2-17(24(26)34)10-19(22)23(29-32)25-27-20-4-3-18(11-21(20)28-25)30-6-8-35-9-7-30/h2-5,10-11,16H,6-9,12-14H2,1H3,(H2,26,34)(H,27,28). The number of nitrogens with two attached hydrogens (primary N) is 1. The van der Waals surface area contributed by atoms with Gasteiger partial charge in [0, 0.05) is 62.2 Å². The molecule has 0 radical (unpaired) electrons. The quantitative estimate of drug-likeness (QED) is 0.457. The Morgan fingerprint density at radius 2 is 1.94 bits per heavy atom. The predicted octanol–water partition coefficient (Wildman–Crippen LogP) is 1.99. The van der Waals surface area contributed by atoms with Crippen LogP contribution < -0.4 is 10.6 Å². The Morgan fingerprint density at radius 3 is 2.69 bits per heavy atom. The first-order valence-electron chi connectivity index (χ1n) is 11.8. The molecule has 0 atom stereocenters. The molecular weight excluding hydrogens is 446 g/mol. The first-order valence-corrected chi connectivity index (χ1v) is 11.8. The Bertz CT molecular complexity index is 1440. The second-order valence-corrected chi connectivity index (χ2v) is 9.30. The lowest BCUT2D eigenvalue weighted by Crippen LogP contribution is -2.50. The normalized spacial score (nSPS) is 16.7. The lowest BCUT2D eigenvalue weighted by Gasteiger charge is -2.38. The van der Waals surface area contributed by atoms with Gasteiger partial charge in [0.2, 0.25) is 11.8 Å². The van der Waals surface area contributed by atoms with Crippen molar-refractivity contribution >= 4 is 39.4 Å². The summed E-state index contributed by atoms with van der Waals surface area (Å²) < 4.78 is 7.42. The van der Waals surface area contributed by atoms with Gasteiger partial charge in [-0.2, -0.15) is 5.10 Å². The third-order valence-corrected chi connectivity index (χ3v) is 6.93. The van der Waals surface area contributed by atoms with Crippen molar-refractivity contribution < 1.29 is 14.3 Å². The van der Waals surface area contributed by atoms with Gasteiger partial charge in [-0.1, -0.05) is 0 Å². The number of ether oxygens (including phenoxy) is 1. The number of carbonyl (C=O) groups is 2. The van der Waals surface area contributed by atoms with E-state index in [-0.39, 0.29) is 5.91 Å². The maximum absolute atomic E-state index is 11.9. The number of aromatic amines is 1. The van der Waals surface area contributed by atoms with E-state index in [2.05, 4.69) is 22.0 Å². The number of hydrogen-bond acceptors (Lipinski definition) is 6. The van der Waals surface area contributed by atoms with E-state index in [0.717, 1.165) is 67.0 Å². The molecule has 35 heavy (non-hydrogen) atoms. The maximum Gasteiger partial charge on any atom is 0.248 e. The van der Waals surface area contributed by atoms with Crippen molar-refractivity contribution in [1.82, 2.24) is 24.6 Å². The minimum atomic E-state index is -0.485. The molecule has 6 rings (SSSR count). The third kappa shape index (κ3) is 3.89. The van der Waals surface area contributed by atoms with Crippen LogP contribution in [0.25, 0.3) is 33.5 Å². The number of fused-ring (bicyclic) bond motifs is 2. The smallest absolute Gasteiger partial charge is 0.248 e. The Hall–Kier alpha value is -3.92. The zero-order valence-electron chi connectivity index (χ0n) is 19.5. The van der Waals surface area contributed by atoms with E-state index in [0.29, 0.717) is 29.5 Å². The van der Waals surface area contributed by atoms with Gasteiger partial charge in [-0.25, -0.2) is 4.98 Å². The van der Waals surface area contributed by atoms with Crippen LogP contribution in [-0.4, -0.2) is 75.9 Å². The summed E-state index contributed by atoms with van der Waals surface area (Å²) in [6.45, 7) is 6.89. The summed E-state index contributed by atoms with van der Waals surface area (Å²) in [5, 5.41) is 5.72. The van der Waals surface area contributed by atoms with Crippen LogP contribution in [0.15, 0.2) is 36.4 Å². The summed E-state index contributed by atoms with van der Waals surface area (Å²) in [5.74, 6) is 0.583. The Labute approximate surface area is 201 Å². The molecule has 0 unspecified atom stereocenters. The van der Waals surface area contributed by atoms with E-state index >= 15 is 0 Å². The molecule has 10 heteroatoms. The molecule has 0 spiro atoms. The van der Waals surface area contributed by atoms with E-state index in [4.69, 9.17) is 20.6 Å². The van der Waals surface area contributed by atoms with Gasteiger partial charge in [-0.15, -0.1) is 0 Å². The molecule has 2 saturated heterocycles. The van der Waals surface area contributed by atoms with E-state index in [1.165, 1.54) is 0 Å². The number of hydrogen-bond donors (Lipinski definition) is 2. The monoisotopic (exact) mass is 473 g/mol. The van der Waals surface area contributed by atoms with Crippen LogP contribution in [0.1, 0.15) is 17.3 Å². The Morgan fingerprint density at radius 1 is 1.14 bits per heavy atom. The maximum atomic E-state index is 11.9. The zero-order chi connectivity index (χ0) is 24.1. The second-order valence-electron chi connectivity index (χ2n) is 9.30. The van der Waals surface area contributed by atoms with Gasteiger partial charge in [0.1, 0.15) is 5.69 Å². The molecule has 2 aromatic heterocycles. The molecule has 0 aliphatic carbocycles. The number of nitrogens with zero attached hydrogens (tertiary/aromatic N) is 5. The lowest BCUT2D eigenvalue weighted by molar-refractivity contribution is -0.135. The van der Waals surface area contributed by atoms with Crippen molar-refractivity contribution in [1.29, 1.82) is 0 Å². The van der Waals surface area contributed by atoms with Crippen molar-refractivity contribution in [3.05, 3.63) is 42.0 Å². The van der Waals surface area contributed by atoms with Crippen molar-refractivity contribution in [2.45, 2.75) is 13.5 Å². The zero-order valence-corrected chi connectivity index (χ0v) is 19.5. The topological polar surface area (TPSA) is 122 Å². The average Bonchev–Trinajstić information content (AvgIpc) is 3.41. The van der Waals surface area contributed by atoms with Crippen LogP contribution in [0.4, 0.5) is 5.69 Å². The summed E-state index contributed by atoms with van der Waals surface area (Å²) in [6.07, 6.45) is 0. The highest BCUT2D eigenvalue weighted by Gasteiger charge is 2.30. The number of morpholine rings is 1. The molecule has 0 bridgehead atoms. The minimum Gasteiger partial charge on any atom is -0.378 e. The first-order chi connectivity index (χ1) is 17.0. The first kappa shape index (κ1) is 21.6. The number of anilines is 1. The van der Waals surface area contributed by atoms with E-state index < -0.39 is 5.91 Å². The fraction of sp³-hybridized carbons (Fsp3) is 0.360. The molecule has 0 saturated carbocycles. The van der Waals surface area contributed by atoms with E-state index in [9.17, 15) is 9.59 Å². The highest BCUT2D eigenvalue weighted by atomic mass is 16.5. The number of benzene rings is 2. The lowest BCUT2D eigenvalue weighted by atomic mass is 10.0. The van der Waals surface area contributed by atoms with E-state index in [1.54, 1.807) is 19.1 Å². The molecule has 2 fully saturated rings. The van der Waals surface area contributed by atoms with E-state index in [1.807, 2.05) is 21.7 Å². The Kier molecular flexibility index (Phi) is 5.18. The highest BCUT2D eigenvalue weighted by molar-refractivity contribution is 6.01. The highest BCUT2D eigenvalue weighted by Crippen LogP contribution is 2.31. The minimum absolute atomic E-state index is 0.0945. The number of H-pyrrole nitrogens is 1. The average molecular weight is 474 g/mol. The van der Waals surface area contributed by atoms with Gasteiger partial charge in [0.15, 0.2) is 5.82 Å². The molecule has 2 aliphatic rings. The van der Waals surface area contributed by atoms with Crippen LogP contribution in [0, 0.1) is 5.92 Å². The van der Waals surface area contributed by atoms with Gasteiger partial charge < -0.3 is 25.3 Å². The SMILES string of the molecule is CC(=O)N1CC(Cn2nc(-c3nc4ccc(N5CCOCC5)cc4[nH]3)c3cc(C(N)=O)ccc32)C1. The number of carbonyl (C=O) groups excluding carboxylic acids is 2. The van der Waals surface area contributed by atoms with Crippen molar-refractivity contribution in [2.75, 3.05) is 44.3 Å². The number of nitrogens with one attached hydrogen (secondary N) is 1. The number of amides is 2. The molecule has 2 amide bonds. The Balaban J connectivity index is 1.38. The van der Waals surface area contributed by atoms with Crippen LogP contribution in [0.5, 0.6) is 0 Å². The summed E-state index contributed by atoms with van der Waals surface area (Å²) in [4.78, 5) is 35.8. The van der Waals surface area contributed by atoms with Crippen molar-refractivity contribution in [3.8, 4) is 11.5 Å². The number of rotatable bonds is 5. The van der Waals surface area contributed by atoms with Gasteiger partial charge >= 0.3 is 0 Å². The van der Waals surface area contributed by atoms with Crippen molar-refractivity contribution in [2.24, 2.45) is 11.7 Å². The van der Waals surface area contributed by atoms with Crippen molar-refractivity contribution in [3.63, 3.8) is 0 Å². The van der Waals surface area contributed by atoms with Crippen LogP contribution in [0.3, 0.4) is 0 Å². The van der Waals surface area contributed by atoms with Crippen LogP contribution >= 0.6 is 0 Å². The second kappa shape index (κ2) is 8.38. The third-order valence-electron chi connectivity index (χ3n) is 6.93. The molecule has 2 aliphatic heterocycles. The largest absolute Gasteiger partial charge is 0.378 e. The van der Waals surface area contributed by atoms with Gasteiger partial charge in [-0.05, 0) is 36.4 Å². The molecule has 2 aromatic carbocycles. The van der Waals surface area contributed by atoms with Gasteiger partial charge in [0.05, 0.1) is 29.8 Å². The summed E-state index contributed by atoms with van der Waals surface area (Å²) in [5.41, 5.74) is 10.5. The fourth-order valence-electron chi connectivity index (χ4n) is 4.96. The summed E-state index contributed by atoms with van der Waals surface area (Å²) in [7, 11) is 0. The van der Waals surface area contributed by atoms with Gasteiger partial charge in [0.25, 0.3) is 0 Å². The predicted molar refractivity (Wildman–Crippen MR) is 132 cm³/mol. The molecule has 180 valence electrons. The molecular formula is C25H27N7O3. The van der Waals surface area contributed by atoms with Crippen LogP contribution in [-0.2, 0) is 16.1 Å². The molecule has 4 heterocycles. The summed E-state index contributed by atoms with van der Waals surface area (Å²) in [6, 6.07) is 11.6. The van der Waals surface area contributed by atoms with Gasteiger partial charge in [-0.3, -0.25) is 14.3 Å². The molecule has 3 N–H and O–H groups in total. The summed E-state index contributed by atoms with van der Waals surface area (Å²) >= 11 is 0. The molecule has 10 nitrogen and oxygen atoms in total. The molecule has 4 aromatic rings. The number of aromatic nitrogens is 4. The van der Waals surface area contributed by atoms with Crippen LogP contribution in [0.2, 0.25) is 0 Å².